The Balaban J connectivity index is 1.49. The Hall–Kier alpha value is -1.76. The van der Waals surface area contributed by atoms with Crippen LogP contribution in [0, 0.1) is 0 Å². The summed E-state index contributed by atoms with van der Waals surface area (Å²) >= 11 is 0. The summed E-state index contributed by atoms with van der Waals surface area (Å²) in [6.07, 6.45) is -2.68. The van der Waals surface area contributed by atoms with Crippen LogP contribution in [0.25, 0.3) is 0 Å². The topological polar surface area (TPSA) is 68.2 Å². The third-order valence-electron chi connectivity index (χ3n) is 4.23. The van der Waals surface area contributed by atoms with Gasteiger partial charge in [0.05, 0.1) is 25.9 Å². The molecule has 0 saturated carbocycles. The normalized spacial score (nSPS) is 26.5. The van der Waals surface area contributed by atoms with Crippen molar-refractivity contribution >= 4 is 0 Å². The van der Waals surface area contributed by atoms with Crippen LogP contribution in [0.1, 0.15) is 17.5 Å². The molecular formula is C20H24O5. The summed E-state index contributed by atoms with van der Waals surface area (Å²) in [6.45, 7) is 1.00. The lowest BCUT2D eigenvalue weighted by atomic mass is 10.0. The Morgan fingerprint density at radius 2 is 1.48 bits per heavy atom. The van der Waals surface area contributed by atoms with Crippen molar-refractivity contribution in [1.82, 2.24) is 0 Å². The number of hydrogen-bond acceptors (Lipinski definition) is 5. The summed E-state index contributed by atoms with van der Waals surface area (Å²) in [6, 6.07) is 19.5. The summed E-state index contributed by atoms with van der Waals surface area (Å²) in [5.74, 6) is 0. The second kappa shape index (κ2) is 9.08. The average Bonchev–Trinajstić information content (AvgIpc) is 2.65. The number of ether oxygens (including phenoxy) is 3. The van der Waals surface area contributed by atoms with Gasteiger partial charge < -0.3 is 24.4 Å². The molecular weight excluding hydrogens is 320 g/mol. The van der Waals surface area contributed by atoms with E-state index >= 15 is 0 Å². The molecule has 4 atom stereocenters. The molecule has 1 heterocycles. The zero-order valence-corrected chi connectivity index (χ0v) is 14.0. The van der Waals surface area contributed by atoms with E-state index in [2.05, 4.69) is 0 Å². The van der Waals surface area contributed by atoms with Gasteiger partial charge in [0.1, 0.15) is 12.2 Å². The van der Waals surface area contributed by atoms with Gasteiger partial charge in [-0.1, -0.05) is 60.7 Å². The molecule has 2 aromatic carbocycles. The molecule has 0 radical (unpaired) electrons. The lowest BCUT2D eigenvalue weighted by molar-refractivity contribution is -0.253. The molecule has 1 aliphatic heterocycles. The first-order chi connectivity index (χ1) is 12.2. The van der Waals surface area contributed by atoms with Gasteiger partial charge in [0.15, 0.2) is 6.29 Å². The molecule has 1 saturated heterocycles. The van der Waals surface area contributed by atoms with E-state index in [0.717, 1.165) is 11.1 Å². The van der Waals surface area contributed by atoms with E-state index in [9.17, 15) is 10.2 Å². The third-order valence-corrected chi connectivity index (χ3v) is 4.23. The van der Waals surface area contributed by atoms with E-state index in [1.807, 2.05) is 60.7 Å². The highest BCUT2D eigenvalue weighted by molar-refractivity contribution is 5.14. The molecule has 5 heteroatoms. The van der Waals surface area contributed by atoms with Crippen LogP contribution in [0.2, 0.25) is 0 Å². The minimum atomic E-state index is -0.963. The van der Waals surface area contributed by atoms with Crippen LogP contribution in [0.5, 0.6) is 0 Å². The van der Waals surface area contributed by atoms with Crippen molar-refractivity contribution in [2.75, 3.05) is 6.61 Å². The number of hydrogen-bond donors (Lipinski definition) is 2. The summed E-state index contributed by atoms with van der Waals surface area (Å²) in [7, 11) is 0. The van der Waals surface area contributed by atoms with Gasteiger partial charge in [-0.3, -0.25) is 0 Å². The molecule has 1 aliphatic rings. The SMILES string of the molecule is OC1C[C@@H](OCc2ccccc2)[C@H](O)[C@@H](COCc2ccccc2)O1. The van der Waals surface area contributed by atoms with E-state index in [4.69, 9.17) is 14.2 Å². The van der Waals surface area contributed by atoms with Gasteiger partial charge in [0.25, 0.3) is 0 Å². The maximum Gasteiger partial charge on any atom is 0.157 e. The van der Waals surface area contributed by atoms with Crippen molar-refractivity contribution in [3.63, 3.8) is 0 Å². The molecule has 0 amide bonds. The fourth-order valence-electron chi connectivity index (χ4n) is 2.86. The second-order valence-electron chi connectivity index (χ2n) is 6.19. The highest BCUT2D eigenvalue weighted by atomic mass is 16.6. The Morgan fingerprint density at radius 3 is 2.12 bits per heavy atom. The Bertz CT molecular complexity index is 618. The molecule has 0 aliphatic carbocycles. The number of aliphatic hydroxyl groups excluding tert-OH is 2. The summed E-state index contributed by atoms with van der Waals surface area (Å²) in [5, 5.41) is 20.4. The van der Waals surface area contributed by atoms with Crippen LogP contribution in [0.4, 0.5) is 0 Å². The van der Waals surface area contributed by atoms with Crippen LogP contribution in [0.3, 0.4) is 0 Å². The molecule has 5 nitrogen and oxygen atoms in total. The monoisotopic (exact) mass is 344 g/mol. The third kappa shape index (κ3) is 5.36. The highest BCUT2D eigenvalue weighted by Crippen LogP contribution is 2.23. The van der Waals surface area contributed by atoms with Crippen molar-refractivity contribution in [1.29, 1.82) is 0 Å². The minimum Gasteiger partial charge on any atom is -0.388 e. The average molecular weight is 344 g/mol. The van der Waals surface area contributed by atoms with Gasteiger partial charge in [-0.2, -0.15) is 0 Å². The molecule has 134 valence electrons. The first-order valence-electron chi connectivity index (χ1n) is 8.51. The first-order valence-corrected chi connectivity index (χ1v) is 8.51. The molecule has 2 aromatic rings. The van der Waals surface area contributed by atoms with Gasteiger partial charge in [-0.05, 0) is 11.1 Å². The van der Waals surface area contributed by atoms with Gasteiger partial charge >= 0.3 is 0 Å². The van der Waals surface area contributed by atoms with Gasteiger partial charge in [-0.25, -0.2) is 0 Å². The Morgan fingerprint density at radius 1 is 0.880 bits per heavy atom. The number of rotatable bonds is 7. The molecule has 1 unspecified atom stereocenters. The fraction of sp³-hybridized carbons (Fsp3) is 0.400. The molecule has 3 rings (SSSR count). The van der Waals surface area contributed by atoms with E-state index in [-0.39, 0.29) is 13.0 Å². The van der Waals surface area contributed by atoms with E-state index in [0.29, 0.717) is 13.2 Å². The number of benzene rings is 2. The Labute approximate surface area is 147 Å². The maximum absolute atomic E-state index is 10.5. The van der Waals surface area contributed by atoms with E-state index in [1.165, 1.54) is 0 Å². The van der Waals surface area contributed by atoms with Gasteiger partial charge in [0.2, 0.25) is 0 Å². The molecule has 1 fully saturated rings. The van der Waals surface area contributed by atoms with Gasteiger partial charge in [0, 0.05) is 6.42 Å². The zero-order valence-electron chi connectivity index (χ0n) is 14.0. The van der Waals surface area contributed by atoms with Crippen LogP contribution in [-0.2, 0) is 27.4 Å². The molecule has 0 spiro atoms. The predicted molar refractivity (Wildman–Crippen MR) is 92.6 cm³/mol. The van der Waals surface area contributed by atoms with Crippen molar-refractivity contribution in [3.8, 4) is 0 Å². The largest absolute Gasteiger partial charge is 0.388 e. The van der Waals surface area contributed by atoms with Crippen LogP contribution in [-0.4, -0.2) is 41.4 Å². The van der Waals surface area contributed by atoms with Crippen molar-refractivity contribution < 1.29 is 24.4 Å². The lowest BCUT2D eigenvalue weighted by Gasteiger charge is -2.37. The predicted octanol–water partition coefficient (Wildman–Crippen LogP) is 2.26. The summed E-state index contributed by atoms with van der Waals surface area (Å²) < 4.78 is 16.9. The van der Waals surface area contributed by atoms with Crippen LogP contribution in [0.15, 0.2) is 60.7 Å². The zero-order chi connectivity index (χ0) is 17.5. The smallest absolute Gasteiger partial charge is 0.157 e. The minimum absolute atomic E-state index is 0.193. The van der Waals surface area contributed by atoms with E-state index < -0.39 is 24.6 Å². The second-order valence-corrected chi connectivity index (χ2v) is 6.19. The van der Waals surface area contributed by atoms with E-state index in [1.54, 1.807) is 0 Å². The molecule has 25 heavy (non-hydrogen) atoms. The van der Waals surface area contributed by atoms with Crippen molar-refractivity contribution in [3.05, 3.63) is 71.8 Å². The van der Waals surface area contributed by atoms with Crippen molar-refractivity contribution in [2.24, 2.45) is 0 Å². The standard InChI is InChI=1S/C20H24O5/c21-19-11-17(24-13-16-9-5-2-6-10-16)20(22)18(25-19)14-23-12-15-7-3-1-4-8-15/h1-10,17-22H,11-14H2/t17-,18-,19?,20+/m1/s1. The summed E-state index contributed by atoms with van der Waals surface area (Å²) in [4.78, 5) is 0. The molecule has 2 N–H and O–H groups in total. The van der Waals surface area contributed by atoms with Gasteiger partial charge in [-0.15, -0.1) is 0 Å². The quantitative estimate of drug-likeness (QED) is 0.806. The van der Waals surface area contributed by atoms with Crippen LogP contribution >= 0.6 is 0 Å². The fourth-order valence-corrected chi connectivity index (χ4v) is 2.86. The number of aliphatic hydroxyl groups is 2. The maximum atomic E-state index is 10.5. The summed E-state index contributed by atoms with van der Waals surface area (Å²) in [5.41, 5.74) is 2.07. The van der Waals surface area contributed by atoms with Crippen molar-refractivity contribution in [2.45, 2.75) is 44.2 Å². The lowest BCUT2D eigenvalue weighted by Crippen LogP contribution is -2.51. The molecule has 0 aromatic heterocycles. The Kier molecular flexibility index (Phi) is 6.55. The molecule has 0 bridgehead atoms. The first kappa shape index (κ1) is 18.0. The van der Waals surface area contributed by atoms with Crippen LogP contribution < -0.4 is 0 Å². The highest BCUT2D eigenvalue weighted by Gasteiger charge is 2.37.